The quantitative estimate of drug-likeness (QED) is 0.504. The van der Waals surface area contributed by atoms with Gasteiger partial charge in [0, 0.05) is 17.9 Å². The number of nitrogens with zero attached hydrogens (tertiary/aromatic N) is 2. The van der Waals surface area contributed by atoms with Gasteiger partial charge in [-0.25, -0.2) is 0 Å². The highest BCUT2D eigenvalue weighted by Gasteiger charge is 2.41. The molecule has 4 nitrogen and oxygen atoms in total. The normalized spacial score (nSPS) is 20.6. The second-order valence-corrected chi connectivity index (χ2v) is 6.31. The number of likely N-dealkylation sites (N-methyl/N-ethyl adjacent to an activating group) is 1. The molecule has 1 unspecified atom stereocenters. The van der Waals surface area contributed by atoms with E-state index in [0.717, 1.165) is 0 Å². The molecule has 1 heterocycles. The second-order valence-electron chi connectivity index (χ2n) is 6.31. The predicted molar refractivity (Wildman–Crippen MR) is 83.2 cm³/mol. The number of aromatic nitrogens is 1. The van der Waals surface area contributed by atoms with Crippen LogP contribution in [0.3, 0.4) is 0 Å². The van der Waals surface area contributed by atoms with Crippen LogP contribution in [0.25, 0.3) is 0 Å². The molecule has 4 heteroatoms. The summed E-state index contributed by atoms with van der Waals surface area (Å²) in [6.07, 6.45) is 11.4. The van der Waals surface area contributed by atoms with Crippen LogP contribution in [0.15, 0.2) is 18.5 Å². The van der Waals surface area contributed by atoms with Crippen molar-refractivity contribution in [2.24, 2.45) is 5.84 Å². The lowest BCUT2D eigenvalue weighted by Crippen LogP contribution is -2.55. The Labute approximate surface area is 122 Å². The third-order valence-electron chi connectivity index (χ3n) is 4.79. The van der Waals surface area contributed by atoms with Crippen molar-refractivity contribution in [1.82, 2.24) is 15.3 Å². The minimum absolute atomic E-state index is 0.0841. The van der Waals surface area contributed by atoms with Crippen LogP contribution in [0.4, 0.5) is 0 Å². The highest BCUT2D eigenvalue weighted by molar-refractivity contribution is 5.24. The topological polar surface area (TPSA) is 54.2 Å². The lowest BCUT2D eigenvalue weighted by molar-refractivity contribution is 0.0798. The summed E-state index contributed by atoms with van der Waals surface area (Å²) < 4.78 is 0. The lowest BCUT2D eigenvalue weighted by Gasteiger charge is -2.45. The number of hydrazine groups is 1. The first-order chi connectivity index (χ1) is 9.60. The molecule has 1 fully saturated rings. The minimum atomic E-state index is 0.0841. The molecule has 1 aliphatic carbocycles. The molecular formula is C16H28N4. The zero-order valence-electron chi connectivity index (χ0n) is 13.0. The monoisotopic (exact) mass is 276 g/mol. The molecule has 1 aliphatic rings. The van der Waals surface area contributed by atoms with Gasteiger partial charge in [0.25, 0.3) is 0 Å². The number of nitrogens with two attached hydrogens (primary N) is 1. The van der Waals surface area contributed by atoms with Crippen LogP contribution in [-0.4, -0.2) is 29.5 Å². The molecule has 20 heavy (non-hydrogen) atoms. The molecular weight excluding hydrogens is 248 g/mol. The van der Waals surface area contributed by atoms with Crippen molar-refractivity contribution in [2.75, 3.05) is 14.1 Å². The van der Waals surface area contributed by atoms with E-state index in [2.05, 4.69) is 42.4 Å². The number of aryl methyl sites for hydroxylation is 1. The maximum atomic E-state index is 5.96. The highest BCUT2D eigenvalue weighted by atomic mass is 15.3. The molecule has 2 rings (SSSR count). The molecule has 0 aromatic carbocycles. The van der Waals surface area contributed by atoms with Crippen molar-refractivity contribution in [3.05, 3.63) is 29.6 Å². The Hall–Kier alpha value is -0.970. The van der Waals surface area contributed by atoms with Gasteiger partial charge < -0.3 is 4.90 Å². The Balaban J connectivity index is 2.38. The van der Waals surface area contributed by atoms with E-state index in [1.54, 1.807) is 0 Å². The van der Waals surface area contributed by atoms with Gasteiger partial charge in [-0.05, 0) is 45.0 Å². The molecule has 0 amide bonds. The zero-order chi connectivity index (χ0) is 14.6. The maximum absolute atomic E-state index is 5.96. The van der Waals surface area contributed by atoms with Gasteiger partial charge in [-0.15, -0.1) is 0 Å². The van der Waals surface area contributed by atoms with Crippen LogP contribution in [0, 0.1) is 6.92 Å². The van der Waals surface area contributed by atoms with E-state index >= 15 is 0 Å². The molecule has 0 radical (unpaired) electrons. The molecule has 0 aliphatic heterocycles. The molecule has 112 valence electrons. The van der Waals surface area contributed by atoms with Crippen molar-refractivity contribution >= 4 is 0 Å². The van der Waals surface area contributed by atoms with Crippen molar-refractivity contribution in [2.45, 2.75) is 57.0 Å². The largest absolute Gasteiger partial charge is 0.302 e. The molecule has 3 N–H and O–H groups in total. The Kier molecular flexibility index (Phi) is 5.13. The third-order valence-corrected chi connectivity index (χ3v) is 4.79. The number of hydrogen-bond acceptors (Lipinski definition) is 4. The van der Waals surface area contributed by atoms with Crippen LogP contribution >= 0.6 is 0 Å². The van der Waals surface area contributed by atoms with Gasteiger partial charge >= 0.3 is 0 Å². The Morgan fingerprint density at radius 3 is 2.35 bits per heavy atom. The van der Waals surface area contributed by atoms with E-state index in [-0.39, 0.29) is 11.6 Å². The summed E-state index contributed by atoms with van der Waals surface area (Å²) in [6, 6.07) is 2.33. The Bertz CT molecular complexity index is 422. The fourth-order valence-corrected chi connectivity index (χ4v) is 3.63. The molecule has 0 bridgehead atoms. The lowest BCUT2D eigenvalue weighted by atomic mass is 9.78. The average molecular weight is 276 g/mol. The standard InChI is InChI=1S/C16H28N4/c1-13-10-14(12-18-11-13)15(19-17)16(20(2)3)8-6-4-5-7-9-16/h10-12,15,19H,4-9,17H2,1-3H3. The smallest absolute Gasteiger partial charge is 0.0658 e. The molecule has 1 saturated carbocycles. The minimum Gasteiger partial charge on any atom is -0.302 e. The maximum Gasteiger partial charge on any atom is 0.0658 e. The van der Waals surface area contributed by atoms with Gasteiger partial charge in [-0.3, -0.25) is 16.3 Å². The van der Waals surface area contributed by atoms with Gasteiger partial charge in [0.1, 0.15) is 0 Å². The van der Waals surface area contributed by atoms with Crippen LogP contribution < -0.4 is 11.3 Å². The van der Waals surface area contributed by atoms with Gasteiger partial charge in [-0.2, -0.15) is 0 Å². The van der Waals surface area contributed by atoms with E-state index < -0.39 is 0 Å². The summed E-state index contributed by atoms with van der Waals surface area (Å²) in [6.45, 7) is 2.08. The first-order valence-corrected chi connectivity index (χ1v) is 7.65. The number of pyridine rings is 1. The van der Waals surface area contributed by atoms with Gasteiger partial charge in [0.05, 0.1) is 6.04 Å². The summed E-state index contributed by atoms with van der Waals surface area (Å²) in [4.78, 5) is 6.71. The number of rotatable bonds is 4. The fraction of sp³-hybridized carbons (Fsp3) is 0.688. The fourth-order valence-electron chi connectivity index (χ4n) is 3.63. The van der Waals surface area contributed by atoms with Crippen molar-refractivity contribution in [3.8, 4) is 0 Å². The first-order valence-electron chi connectivity index (χ1n) is 7.65. The third kappa shape index (κ3) is 3.03. The molecule has 1 aromatic rings. The van der Waals surface area contributed by atoms with Crippen LogP contribution in [0.1, 0.15) is 55.7 Å². The molecule has 0 spiro atoms. The van der Waals surface area contributed by atoms with Crippen molar-refractivity contribution < 1.29 is 0 Å². The number of nitrogens with one attached hydrogen (secondary N) is 1. The van der Waals surface area contributed by atoms with Gasteiger partial charge in [-0.1, -0.05) is 31.7 Å². The van der Waals surface area contributed by atoms with Crippen LogP contribution in [-0.2, 0) is 0 Å². The van der Waals surface area contributed by atoms with E-state index in [1.807, 2.05) is 12.4 Å². The predicted octanol–water partition coefficient (Wildman–Crippen LogP) is 2.55. The van der Waals surface area contributed by atoms with E-state index in [0.29, 0.717) is 0 Å². The molecule has 1 aromatic heterocycles. The van der Waals surface area contributed by atoms with E-state index in [9.17, 15) is 0 Å². The van der Waals surface area contributed by atoms with Crippen molar-refractivity contribution in [3.63, 3.8) is 0 Å². The second kappa shape index (κ2) is 6.66. The number of hydrogen-bond donors (Lipinski definition) is 2. The van der Waals surface area contributed by atoms with Gasteiger partial charge in [0.15, 0.2) is 0 Å². The average Bonchev–Trinajstić information content (AvgIpc) is 2.67. The van der Waals surface area contributed by atoms with Crippen LogP contribution in [0.5, 0.6) is 0 Å². The van der Waals surface area contributed by atoms with Gasteiger partial charge in [0.2, 0.25) is 0 Å². The Morgan fingerprint density at radius 1 is 1.20 bits per heavy atom. The zero-order valence-corrected chi connectivity index (χ0v) is 13.0. The van der Waals surface area contributed by atoms with E-state index in [1.165, 1.54) is 49.7 Å². The summed E-state index contributed by atoms with van der Waals surface area (Å²) >= 11 is 0. The molecule has 0 saturated heterocycles. The summed E-state index contributed by atoms with van der Waals surface area (Å²) in [7, 11) is 4.36. The Morgan fingerprint density at radius 2 is 1.85 bits per heavy atom. The highest BCUT2D eigenvalue weighted by Crippen LogP contribution is 2.40. The van der Waals surface area contributed by atoms with Crippen molar-refractivity contribution in [1.29, 1.82) is 0 Å². The van der Waals surface area contributed by atoms with Crippen LogP contribution in [0.2, 0.25) is 0 Å². The van der Waals surface area contributed by atoms with E-state index in [4.69, 9.17) is 5.84 Å². The SMILES string of the molecule is Cc1cncc(C(NN)C2(N(C)C)CCCCCC2)c1. The summed E-state index contributed by atoms with van der Waals surface area (Å²) in [5, 5.41) is 0. The summed E-state index contributed by atoms with van der Waals surface area (Å²) in [5.41, 5.74) is 5.55. The summed E-state index contributed by atoms with van der Waals surface area (Å²) in [5.74, 6) is 5.96. The first kappa shape index (κ1) is 15.4. The molecule has 1 atom stereocenters.